The van der Waals surface area contributed by atoms with Crippen molar-refractivity contribution in [2.45, 2.75) is 25.8 Å². The van der Waals surface area contributed by atoms with Crippen LogP contribution >= 0.6 is 0 Å². The third-order valence-corrected chi connectivity index (χ3v) is 3.98. The second kappa shape index (κ2) is 5.85. The van der Waals surface area contributed by atoms with E-state index in [2.05, 4.69) is 9.97 Å². The first kappa shape index (κ1) is 14.1. The fourth-order valence-corrected chi connectivity index (χ4v) is 2.86. The molecule has 1 atom stereocenters. The van der Waals surface area contributed by atoms with E-state index in [0.717, 1.165) is 17.9 Å². The fourth-order valence-electron chi connectivity index (χ4n) is 2.86. The summed E-state index contributed by atoms with van der Waals surface area (Å²) in [6.07, 6.45) is 3.14. The number of imidazole rings is 1. The van der Waals surface area contributed by atoms with Gasteiger partial charge in [-0.15, -0.1) is 0 Å². The number of carbonyl (C=O) groups is 2. The molecule has 114 valence electrons. The van der Waals surface area contributed by atoms with Gasteiger partial charge in [0, 0.05) is 31.4 Å². The Balaban J connectivity index is 1.71. The third-order valence-electron chi connectivity index (χ3n) is 3.98. The zero-order valence-electron chi connectivity index (χ0n) is 12.2. The number of hydrogen-bond donors (Lipinski definition) is 1. The number of likely N-dealkylation sites (tertiary alicyclic amines) is 1. The second-order valence-electron chi connectivity index (χ2n) is 5.55. The molecule has 0 spiro atoms. The van der Waals surface area contributed by atoms with E-state index >= 15 is 0 Å². The molecule has 1 aromatic rings. The number of morpholine rings is 1. The number of aryl methyl sites for hydroxylation is 1. The second-order valence-corrected chi connectivity index (χ2v) is 5.55. The Hall–Kier alpha value is -1.89. The van der Waals surface area contributed by atoms with E-state index in [1.807, 2.05) is 6.92 Å². The average Bonchev–Trinajstić information content (AvgIpc) is 3.08. The molecule has 2 fully saturated rings. The maximum Gasteiger partial charge on any atom is 0.242 e. The monoisotopic (exact) mass is 292 g/mol. The zero-order chi connectivity index (χ0) is 14.8. The lowest BCUT2D eigenvalue weighted by Crippen LogP contribution is -2.48. The Morgan fingerprint density at radius 1 is 1.52 bits per heavy atom. The van der Waals surface area contributed by atoms with Crippen molar-refractivity contribution in [3.05, 3.63) is 17.7 Å². The molecule has 0 aromatic carbocycles. The smallest absolute Gasteiger partial charge is 0.242 e. The van der Waals surface area contributed by atoms with Crippen LogP contribution in [0.25, 0.3) is 0 Å². The van der Waals surface area contributed by atoms with Gasteiger partial charge in [-0.1, -0.05) is 0 Å². The molecule has 0 bridgehead atoms. The number of nitrogens with zero attached hydrogens (tertiary/aromatic N) is 3. The highest BCUT2D eigenvalue weighted by atomic mass is 16.5. The van der Waals surface area contributed by atoms with E-state index < -0.39 is 0 Å². The van der Waals surface area contributed by atoms with Crippen molar-refractivity contribution in [1.82, 2.24) is 19.8 Å². The minimum absolute atomic E-state index is 0.0346. The van der Waals surface area contributed by atoms with E-state index in [4.69, 9.17) is 4.74 Å². The topological polar surface area (TPSA) is 78.5 Å². The largest absolute Gasteiger partial charge is 0.377 e. The number of aromatic nitrogens is 2. The van der Waals surface area contributed by atoms with Crippen molar-refractivity contribution in [2.75, 3.05) is 32.8 Å². The number of carbonyl (C=O) groups excluding carboxylic acids is 2. The van der Waals surface area contributed by atoms with Gasteiger partial charge in [0.25, 0.3) is 0 Å². The Kier molecular flexibility index (Phi) is 3.92. The maximum atomic E-state index is 12.5. The van der Waals surface area contributed by atoms with Gasteiger partial charge in [0.15, 0.2) is 0 Å². The van der Waals surface area contributed by atoms with Crippen LogP contribution in [0.5, 0.6) is 0 Å². The van der Waals surface area contributed by atoms with Crippen LogP contribution in [0.4, 0.5) is 0 Å². The lowest BCUT2D eigenvalue weighted by molar-refractivity contribution is -0.145. The third kappa shape index (κ3) is 2.92. The highest BCUT2D eigenvalue weighted by Gasteiger charge is 2.32. The molecule has 1 N–H and O–H groups in total. The van der Waals surface area contributed by atoms with Gasteiger partial charge in [0.1, 0.15) is 11.9 Å². The van der Waals surface area contributed by atoms with Crippen molar-refractivity contribution in [3.8, 4) is 0 Å². The summed E-state index contributed by atoms with van der Waals surface area (Å²) in [5.41, 5.74) is 0.956. The molecular formula is C14H20N4O3. The molecule has 7 nitrogen and oxygen atoms in total. The van der Waals surface area contributed by atoms with Gasteiger partial charge in [-0.25, -0.2) is 4.98 Å². The molecule has 2 aliphatic rings. The Labute approximate surface area is 123 Å². The highest BCUT2D eigenvalue weighted by molar-refractivity contribution is 5.86. The fraction of sp³-hybridized carbons (Fsp3) is 0.643. The lowest BCUT2D eigenvalue weighted by atomic mass is 10.2. The van der Waals surface area contributed by atoms with Gasteiger partial charge < -0.3 is 19.5 Å². The molecule has 2 amide bonds. The predicted molar refractivity (Wildman–Crippen MR) is 74.4 cm³/mol. The number of amides is 2. The summed E-state index contributed by atoms with van der Waals surface area (Å²) in [4.78, 5) is 35.1. The summed E-state index contributed by atoms with van der Waals surface area (Å²) in [5.74, 6) is 0.780. The highest BCUT2D eigenvalue weighted by Crippen LogP contribution is 2.22. The summed E-state index contributed by atoms with van der Waals surface area (Å²) in [7, 11) is 0. The number of H-pyrrole nitrogens is 1. The molecule has 0 unspecified atom stereocenters. The van der Waals surface area contributed by atoms with Crippen molar-refractivity contribution in [3.63, 3.8) is 0 Å². The molecule has 1 aromatic heterocycles. The van der Waals surface area contributed by atoms with Crippen LogP contribution in [0.3, 0.4) is 0 Å². The van der Waals surface area contributed by atoms with Crippen LogP contribution in [0, 0.1) is 6.92 Å². The van der Waals surface area contributed by atoms with E-state index in [9.17, 15) is 9.59 Å². The predicted octanol–water partition coefficient (Wildman–Crippen LogP) is 0.240. The van der Waals surface area contributed by atoms with Gasteiger partial charge in [-0.05, 0) is 13.3 Å². The van der Waals surface area contributed by atoms with Crippen LogP contribution < -0.4 is 0 Å². The average molecular weight is 292 g/mol. The minimum atomic E-state index is -0.197. The molecule has 0 saturated carbocycles. The van der Waals surface area contributed by atoms with Crippen molar-refractivity contribution < 1.29 is 14.3 Å². The van der Waals surface area contributed by atoms with Crippen molar-refractivity contribution >= 4 is 11.8 Å². The van der Waals surface area contributed by atoms with Gasteiger partial charge in [-0.2, -0.15) is 0 Å². The summed E-state index contributed by atoms with van der Waals surface area (Å²) >= 11 is 0. The maximum absolute atomic E-state index is 12.5. The van der Waals surface area contributed by atoms with Gasteiger partial charge in [0.05, 0.1) is 19.8 Å². The SMILES string of the molecule is Cc1cnc([C@@H]2COCCN2C(=O)CN2CCCC2=O)[nH]1. The van der Waals surface area contributed by atoms with E-state index in [0.29, 0.717) is 32.7 Å². The Morgan fingerprint density at radius 2 is 2.38 bits per heavy atom. The number of nitrogens with one attached hydrogen (secondary N) is 1. The summed E-state index contributed by atoms with van der Waals surface area (Å²) < 4.78 is 5.48. The first-order valence-corrected chi connectivity index (χ1v) is 7.31. The van der Waals surface area contributed by atoms with Gasteiger partial charge in [0.2, 0.25) is 11.8 Å². The van der Waals surface area contributed by atoms with Crippen molar-refractivity contribution in [2.24, 2.45) is 0 Å². The number of rotatable bonds is 3. The van der Waals surface area contributed by atoms with Gasteiger partial charge in [-0.3, -0.25) is 9.59 Å². The zero-order valence-corrected chi connectivity index (χ0v) is 12.2. The lowest BCUT2D eigenvalue weighted by Gasteiger charge is -2.35. The number of ether oxygens (including phenoxy) is 1. The van der Waals surface area contributed by atoms with Crippen LogP contribution in [0.15, 0.2) is 6.20 Å². The molecule has 2 aliphatic heterocycles. The summed E-state index contributed by atoms with van der Waals surface area (Å²) in [6, 6.07) is -0.197. The minimum Gasteiger partial charge on any atom is -0.377 e. The van der Waals surface area contributed by atoms with Crippen LogP contribution in [-0.2, 0) is 14.3 Å². The Bertz CT molecular complexity index is 542. The molecule has 3 rings (SSSR count). The van der Waals surface area contributed by atoms with E-state index in [1.54, 1.807) is 16.0 Å². The van der Waals surface area contributed by atoms with Crippen LogP contribution in [-0.4, -0.2) is 64.4 Å². The van der Waals surface area contributed by atoms with Crippen LogP contribution in [0.1, 0.15) is 30.4 Å². The molecule has 21 heavy (non-hydrogen) atoms. The molecule has 0 aliphatic carbocycles. The normalized spacial score (nSPS) is 22.9. The summed E-state index contributed by atoms with van der Waals surface area (Å²) in [5, 5.41) is 0. The summed E-state index contributed by atoms with van der Waals surface area (Å²) in [6.45, 7) is 4.26. The number of aromatic amines is 1. The standard InChI is InChI=1S/C14H20N4O3/c1-10-7-15-14(16-10)11-9-21-6-5-18(11)13(20)8-17-4-2-3-12(17)19/h7,11H,2-6,8-9H2,1H3,(H,15,16)/t11-/m0/s1. The molecule has 0 radical (unpaired) electrons. The van der Waals surface area contributed by atoms with E-state index in [1.165, 1.54) is 0 Å². The van der Waals surface area contributed by atoms with E-state index in [-0.39, 0.29) is 24.4 Å². The van der Waals surface area contributed by atoms with Crippen molar-refractivity contribution in [1.29, 1.82) is 0 Å². The Morgan fingerprint density at radius 3 is 3.05 bits per heavy atom. The molecular weight excluding hydrogens is 272 g/mol. The number of hydrogen-bond acceptors (Lipinski definition) is 4. The van der Waals surface area contributed by atoms with Gasteiger partial charge >= 0.3 is 0 Å². The quantitative estimate of drug-likeness (QED) is 0.865. The molecule has 3 heterocycles. The first-order valence-electron chi connectivity index (χ1n) is 7.31. The molecule has 7 heteroatoms. The van der Waals surface area contributed by atoms with Crippen LogP contribution in [0.2, 0.25) is 0 Å². The first-order chi connectivity index (χ1) is 10.1. The molecule has 2 saturated heterocycles.